The predicted octanol–water partition coefficient (Wildman–Crippen LogP) is 4.43. The summed E-state index contributed by atoms with van der Waals surface area (Å²) in [6.45, 7) is 0.232. The average Bonchev–Trinajstić information content (AvgIpc) is 3.22. The van der Waals surface area contributed by atoms with Gasteiger partial charge in [0.2, 0.25) is 10.0 Å². The van der Waals surface area contributed by atoms with Gasteiger partial charge in [-0.05, 0) is 54.6 Å². The first-order valence-corrected chi connectivity index (χ1v) is 11.5. The summed E-state index contributed by atoms with van der Waals surface area (Å²) >= 11 is 6.04. The van der Waals surface area contributed by atoms with E-state index in [1.807, 2.05) is 36.4 Å². The van der Waals surface area contributed by atoms with Crippen LogP contribution in [0, 0.1) is 0 Å². The fourth-order valence-corrected chi connectivity index (χ4v) is 3.79. The van der Waals surface area contributed by atoms with E-state index in [-0.39, 0.29) is 11.5 Å². The van der Waals surface area contributed by atoms with Gasteiger partial charge in [0.15, 0.2) is 0 Å². The van der Waals surface area contributed by atoms with Crippen LogP contribution in [-0.4, -0.2) is 25.3 Å². The molecule has 4 rings (SSSR count). The second-order valence-corrected chi connectivity index (χ2v) is 8.94. The fourth-order valence-electron chi connectivity index (χ4n) is 3.15. The highest BCUT2D eigenvalue weighted by Crippen LogP contribution is 2.27. The fraction of sp³-hybridized carbons (Fsp3) is 0.0870. The van der Waals surface area contributed by atoms with Crippen LogP contribution < -0.4 is 14.6 Å². The molecule has 32 heavy (non-hydrogen) atoms. The zero-order valence-corrected chi connectivity index (χ0v) is 18.7. The third-order valence-corrected chi connectivity index (χ3v) is 5.92. The molecule has 164 valence electrons. The van der Waals surface area contributed by atoms with Crippen molar-refractivity contribution in [1.29, 1.82) is 0 Å². The summed E-state index contributed by atoms with van der Waals surface area (Å²) in [6, 6.07) is 22.8. The summed E-state index contributed by atoms with van der Waals surface area (Å²) in [4.78, 5) is 0.0306. The summed E-state index contributed by atoms with van der Waals surface area (Å²) in [7, 11) is -2.19. The number of nitrogens with zero attached hydrogens (tertiary/aromatic N) is 2. The molecule has 0 saturated carbocycles. The molecule has 0 amide bonds. The number of nitrogens with two attached hydrogens (primary N) is 1. The Bertz CT molecular complexity index is 1330. The molecule has 0 spiro atoms. The molecule has 0 saturated heterocycles. The highest BCUT2D eigenvalue weighted by Gasteiger charge is 2.14. The van der Waals surface area contributed by atoms with Gasteiger partial charge in [-0.1, -0.05) is 29.8 Å². The maximum Gasteiger partial charge on any atom is 0.238 e. The number of rotatable bonds is 7. The van der Waals surface area contributed by atoms with Crippen LogP contribution in [0.5, 0.6) is 11.5 Å². The molecule has 0 atom stereocenters. The lowest BCUT2D eigenvalue weighted by Gasteiger charge is -2.08. The number of primary sulfonamides is 1. The SMILES string of the molecule is COc1cccc(OCc2cc(-c3ccc(Cl)cc3)n(-c3ccc(S(N)(=O)=O)cc3)n2)c1. The number of hydrogen-bond donors (Lipinski definition) is 1. The number of benzene rings is 3. The molecule has 0 aliphatic heterocycles. The Morgan fingerprint density at radius 3 is 2.31 bits per heavy atom. The van der Waals surface area contributed by atoms with Crippen molar-refractivity contribution < 1.29 is 17.9 Å². The van der Waals surface area contributed by atoms with Crippen molar-refractivity contribution in [2.45, 2.75) is 11.5 Å². The van der Waals surface area contributed by atoms with Crippen molar-refractivity contribution in [2.24, 2.45) is 5.14 Å². The first-order valence-electron chi connectivity index (χ1n) is 9.58. The molecule has 0 bridgehead atoms. The van der Waals surface area contributed by atoms with Crippen molar-refractivity contribution in [3.63, 3.8) is 0 Å². The topological polar surface area (TPSA) is 96.4 Å². The van der Waals surface area contributed by atoms with E-state index in [0.717, 1.165) is 11.3 Å². The Morgan fingerprint density at radius 1 is 0.969 bits per heavy atom. The standard InChI is InChI=1S/C23H20ClN3O4S/c1-30-20-3-2-4-21(14-20)31-15-18-13-23(16-5-7-17(24)8-6-16)27(26-18)19-9-11-22(12-10-19)32(25,28)29/h2-14H,15H2,1H3,(H2,25,28,29). The zero-order valence-electron chi connectivity index (χ0n) is 17.1. The summed E-state index contributed by atoms with van der Waals surface area (Å²) in [5.74, 6) is 1.36. The van der Waals surface area contributed by atoms with Gasteiger partial charge in [-0.2, -0.15) is 5.10 Å². The van der Waals surface area contributed by atoms with Crippen LogP contribution in [0.4, 0.5) is 0 Å². The smallest absolute Gasteiger partial charge is 0.238 e. The van der Waals surface area contributed by atoms with Gasteiger partial charge in [-0.3, -0.25) is 0 Å². The maximum absolute atomic E-state index is 11.6. The van der Waals surface area contributed by atoms with Crippen LogP contribution in [0.25, 0.3) is 16.9 Å². The van der Waals surface area contributed by atoms with Crippen molar-refractivity contribution in [1.82, 2.24) is 9.78 Å². The minimum absolute atomic E-state index is 0.0306. The highest BCUT2D eigenvalue weighted by atomic mass is 35.5. The summed E-state index contributed by atoms with van der Waals surface area (Å²) < 4.78 is 36.0. The Labute approximate surface area is 191 Å². The third-order valence-electron chi connectivity index (χ3n) is 4.74. The first kappa shape index (κ1) is 21.9. The van der Waals surface area contributed by atoms with Crippen LogP contribution in [0.3, 0.4) is 0 Å². The van der Waals surface area contributed by atoms with E-state index in [9.17, 15) is 8.42 Å². The summed E-state index contributed by atoms with van der Waals surface area (Å²) in [6.07, 6.45) is 0. The van der Waals surface area contributed by atoms with Crippen LogP contribution in [-0.2, 0) is 16.6 Å². The number of hydrogen-bond acceptors (Lipinski definition) is 5. The second kappa shape index (κ2) is 9.04. The monoisotopic (exact) mass is 469 g/mol. The number of sulfonamides is 1. The van der Waals surface area contributed by atoms with Crippen LogP contribution in [0.15, 0.2) is 83.8 Å². The maximum atomic E-state index is 11.6. The second-order valence-electron chi connectivity index (χ2n) is 6.95. The van der Waals surface area contributed by atoms with Crippen LogP contribution in [0.2, 0.25) is 5.02 Å². The van der Waals surface area contributed by atoms with Gasteiger partial charge in [-0.25, -0.2) is 18.2 Å². The van der Waals surface area contributed by atoms with E-state index in [2.05, 4.69) is 5.10 Å². The Hall–Kier alpha value is -3.33. The first-order chi connectivity index (χ1) is 15.3. The van der Waals surface area contributed by atoms with Gasteiger partial charge in [-0.15, -0.1) is 0 Å². The van der Waals surface area contributed by atoms with Crippen molar-refractivity contribution in [3.8, 4) is 28.4 Å². The molecule has 0 aliphatic carbocycles. The lowest BCUT2D eigenvalue weighted by atomic mass is 10.1. The normalized spacial score (nSPS) is 11.3. The van der Waals surface area contributed by atoms with Crippen molar-refractivity contribution in [2.75, 3.05) is 7.11 Å². The lowest BCUT2D eigenvalue weighted by molar-refractivity contribution is 0.298. The van der Waals surface area contributed by atoms with Gasteiger partial charge in [0.1, 0.15) is 23.8 Å². The Morgan fingerprint density at radius 2 is 1.66 bits per heavy atom. The molecule has 0 unspecified atom stereocenters. The number of methoxy groups -OCH3 is 1. The highest BCUT2D eigenvalue weighted by molar-refractivity contribution is 7.89. The van der Waals surface area contributed by atoms with Crippen LogP contribution >= 0.6 is 11.6 Å². The number of aromatic nitrogens is 2. The minimum atomic E-state index is -3.78. The van der Waals surface area contributed by atoms with E-state index >= 15 is 0 Å². The Kier molecular flexibility index (Phi) is 6.18. The minimum Gasteiger partial charge on any atom is -0.497 e. The molecule has 7 nitrogen and oxygen atoms in total. The van der Waals surface area contributed by atoms with Gasteiger partial charge in [0.25, 0.3) is 0 Å². The van der Waals surface area contributed by atoms with E-state index in [0.29, 0.717) is 27.9 Å². The number of halogens is 1. The van der Waals surface area contributed by atoms with Crippen molar-refractivity contribution >= 4 is 21.6 Å². The molecular formula is C23H20ClN3O4S. The molecular weight excluding hydrogens is 450 g/mol. The quantitative estimate of drug-likeness (QED) is 0.432. The molecule has 9 heteroatoms. The van der Waals surface area contributed by atoms with E-state index < -0.39 is 10.0 Å². The van der Waals surface area contributed by atoms with Crippen molar-refractivity contribution in [3.05, 3.63) is 89.6 Å². The van der Waals surface area contributed by atoms with Gasteiger partial charge < -0.3 is 9.47 Å². The number of ether oxygens (including phenoxy) is 2. The zero-order chi connectivity index (χ0) is 22.7. The summed E-state index contributed by atoms with van der Waals surface area (Å²) in [5.41, 5.74) is 3.06. The molecule has 2 N–H and O–H groups in total. The molecule has 1 heterocycles. The third kappa shape index (κ3) is 4.94. The van der Waals surface area contributed by atoms with Gasteiger partial charge in [0, 0.05) is 16.7 Å². The lowest BCUT2D eigenvalue weighted by Crippen LogP contribution is -2.12. The van der Waals surface area contributed by atoms with E-state index in [4.69, 9.17) is 26.2 Å². The Balaban J connectivity index is 1.69. The largest absolute Gasteiger partial charge is 0.497 e. The van der Waals surface area contributed by atoms with Gasteiger partial charge in [0.05, 0.1) is 23.4 Å². The molecule has 1 aromatic heterocycles. The van der Waals surface area contributed by atoms with E-state index in [1.165, 1.54) is 12.1 Å². The van der Waals surface area contributed by atoms with E-state index in [1.54, 1.807) is 42.1 Å². The molecule has 4 aromatic rings. The van der Waals surface area contributed by atoms with Gasteiger partial charge >= 0.3 is 0 Å². The predicted molar refractivity (Wildman–Crippen MR) is 123 cm³/mol. The molecule has 0 radical (unpaired) electrons. The molecule has 0 fully saturated rings. The van der Waals surface area contributed by atoms with Crippen LogP contribution in [0.1, 0.15) is 5.69 Å². The average molecular weight is 470 g/mol. The summed E-state index contributed by atoms with van der Waals surface area (Å²) in [5, 5.41) is 10.5. The molecule has 0 aliphatic rings. The molecule has 3 aromatic carbocycles.